The lowest BCUT2D eigenvalue weighted by atomic mass is 9.96. The first-order valence-corrected chi connectivity index (χ1v) is 18.5. The first-order chi connectivity index (χ1) is 23.5. The van der Waals surface area contributed by atoms with Gasteiger partial charge in [-0.15, -0.1) is 0 Å². The van der Waals surface area contributed by atoms with Crippen LogP contribution in [0.25, 0.3) is 11.1 Å². The maximum atomic E-state index is 13.2. The van der Waals surface area contributed by atoms with Gasteiger partial charge in [-0.1, -0.05) is 36.2 Å². The molecule has 2 aromatic carbocycles. The number of aliphatic hydroxyl groups excluding tert-OH is 5. The molecule has 49 heavy (non-hydrogen) atoms. The Hall–Kier alpha value is -3.14. The van der Waals surface area contributed by atoms with Crippen molar-refractivity contribution in [2.24, 2.45) is 0 Å². The predicted molar refractivity (Wildman–Crippen MR) is 181 cm³/mol. The van der Waals surface area contributed by atoms with Crippen molar-refractivity contribution in [2.75, 3.05) is 18.9 Å². The van der Waals surface area contributed by atoms with E-state index in [1.165, 1.54) is 6.07 Å². The molecule has 0 aliphatic heterocycles. The van der Waals surface area contributed by atoms with Gasteiger partial charge in [0.1, 0.15) is 24.1 Å². The van der Waals surface area contributed by atoms with Crippen molar-refractivity contribution in [3.05, 3.63) is 77.1 Å². The van der Waals surface area contributed by atoms with Crippen molar-refractivity contribution in [3.63, 3.8) is 0 Å². The third-order valence-corrected chi connectivity index (χ3v) is 11.0. The highest BCUT2D eigenvalue weighted by atomic mass is 35.5. The Labute approximate surface area is 290 Å². The molecule has 6 N–H and O–H groups in total. The number of nitrogens with one attached hydrogen (secondary N) is 1. The molecule has 1 aromatic heterocycles. The lowest BCUT2D eigenvalue weighted by molar-refractivity contribution is -0.148. The average Bonchev–Trinajstić information content (AvgIpc) is 4.05. The summed E-state index contributed by atoms with van der Waals surface area (Å²) >= 11 is 6.50. The monoisotopic (exact) mass is 718 g/mol. The summed E-state index contributed by atoms with van der Waals surface area (Å²) in [4.78, 5) is 16.6. The van der Waals surface area contributed by atoms with E-state index in [2.05, 4.69) is 10.3 Å². The first-order valence-electron chi connectivity index (χ1n) is 16.4. The standard InChI is InChI=1S/C35H43ClN2O10S/c36-28-11-10-24(49(45,46)17-5-1-4-15-38-34(44)33(43)32(42)31(41)29(40)20-39)18-22(28)21-47-35(13-14-35)27-19-37-16-12-25(27)26-6-2-3-7-30(26)48-23-8-9-23/h2-3,6-7,10-12,16,18-19,23,29,31-33,39-43H,1,4-5,8-9,13-15,17,20-21H2,(H,38,44). The van der Waals surface area contributed by atoms with Gasteiger partial charge in [-0.3, -0.25) is 9.78 Å². The summed E-state index contributed by atoms with van der Waals surface area (Å²) in [6, 6.07) is 14.5. The number of amides is 1. The number of nitrogens with zero attached hydrogens (tertiary/aromatic N) is 1. The van der Waals surface area contributed by atoms with Crippen LogP contribution in [0.2, 0.25) is 5.02 Å². The Morgan fingerprint density at radius 1 is 1.00 bits per heavy atom. The summed E-state index contributed by atoms with van der Waals surface area (Å²) in [6.07, 6.45) is 0.946. The fourth-order valence-electron chi connectivity index (χ4n) is 5.53. The van der Waals surface area contributed by atoms with Crippen molar-refractivity contribution in [3.8, 4) is 16.9 Å². The van der Waals surface area contributed by atoms with Gasteiger partial charge in [-0.25, -0.2) is 8.42 Å². The molecule has 1 amide bonds. The molecule has 1 heterocycles. The zero-order valence-corrected chi connectivity index (χ0v) is 28.5. The molecule has 4 atom stereocenters. The highest BCUT2D eigenvalue weighted by Gasteiger charge is 2.48. The highest BCUT2D eigenvalue weighted by molar-refractivity contribution is 7.91. The molecule has 0 saturated heterocycles. The van der Waals surface area contributed by atoms with E-state index in [4.69, 9.17) is 26.2 Å². The van der Waals surface area contributed by atoms with Crippen LogP contribution in [0.1, 0.15) is 56.1 Å². The van der Waals surface area contributed by atoms with Gasteiger partial charge in [0.25, 0.3) is 5.91 Å². The van der Waals surface area contributed by atoms with E-state index in [1.807, 2.05) is 36.5 Å². The van der Waals surface area contributed by atoms with Crippen molar-refractivity contribution < 1.29 is 48.2 Å². The van der Waals surface area contributed by atoms with Crippen LogP contribution in [0.3, 0.4) is 0 Å². The van der Waals surface area contributed by atoms with E-state index in [9.17, 15) is 33.6 Å². The van der Waals surface area contributed by atoms with Crippen molar-refractivity contribution in [2.45, 2.75) is 92.6 Å². The molecular weight excluding hydrogens is 676 g/mol. The maximum absolute atomic E-state index is 13.2. The molecule has 3 aromatic rings. The van der Waals surface area contributed by atoms with Crippen LogP contribution < -0.4 is 10.1 Å². The zero-order chi connectivity index (χ0) is 35.2. The predicted octanol–water partition coefficient (Wildman–Crippen LogP) is 2.65. The lowest BCUT2D eigenvalue weighted by Crippen LogP contribution is -2.51. The summed E-state index contributed by atoms with van der Waals surface area (Å²) < 4.78 is 39.1. The van der Waals surface area contributed by atoms with Gasteiger partial charge >= 0.3 is 0 Å². The smallest absolute Gasteiger partial charge is 0.251 e. The number of carbonyl (C=O) groups is 1. The number of para-hydroxylation sites is 1. The van der Waals surface area contributed by atoms with Crippen molar-refractivity contribution in [1.82, 2.24) is 10.3 Å². The van der Waals surface area contributed by atoms with Crippen molar-refractivity contribution >= 4 is 27.3 Å². The van der Waals surface area contributed by atoms with Crippen LogP contribution in [-0.4, -0.2) is 94.3 Å². The number of pyridine rings is 1. The van der Waals surface area contributed by atoms with E-state index in [0.717, 1.165) is 48.1 Å². The first kappa shape index (κ1) is 37.1. The number of carbonyl (C=O) groups excluding carboxylic acids is 1. The summed E-state index contributed by atoms with van der Waals surface area (Å²) in [6.45, 7) is -0.670. The molecule has 0 spiro atoms. The third kappa shape index (κ3) is 9.35. The largest absolute Gasteiger partial charge is 0.490 e. The summed E-state index contributed by atoms with van der Waals surface area (Å²) in [5.41, 5.74) is 2.87. The molecule has 0 radical (unpaired) electrons. The highest BCUT2D eigenvalue weighted by Crippen LogP contribution is 2.53. The normalized spacial score (nSPS) is 17.9. The number of ether oxygens (including phenoxy) is 2. The van der Waals surface area contributed by atoms with E-state index < -0.39 is 52.4 Å². The molecule has 0 bridgehead atoms. The number of aromatic nitrogens is 1. The van der Waals surface area contributed by atoms with Crippen LogP contribution >= 0.6 is 11.6 Å². The van der Waals surface area contributed by atoms with Gasteiger partial charge < -0.3 is 40.3 Å². The van der Waals surface area contributed by atoms with Crippen LogP contribution in [-0.2, 0) is 31.6 Å². The van der Waals surface area contributed by atoms with E-state index in [0.29, 0.717) is 29.8 Å². The molecule has 2 aliphatic carbocycles. The quantitative estimate of drug-likeness (QED) is 0.0998. The number of aliphatic hydroxyl groups is 5. The number of rotatable bonds is 19. The number of hydrogen-bond donors (Lipinski definition) is 6. The topological polar surface area (TPSA) is 196 Å². The number of benzene rings is 2. The van der Waals surface area contributed by atoms with Gasteiger partial charge in [0.05, 0.1) is 35.6 Å². The molecular formula is C35H43ClN2O10S. The molecule has 12 nitrogen and oxygen atoms in total. The van der Waals surface area contributed by atoms with Crippen molar-refractivity contribution in [1.29, 1.82) is 0 Å². The number of halogens is 1. The molecule has 14 heteroatoms. The van der Waals surface area contributed by atoms with E-state index in [-0.39, 0.29) is 29.9 Å². The Balaban J connectivity index is 1.14. The zero-order valence-electron chi connectivity index (χ0n) is 26.9. The fourth-order valence-corrected chi connectivity index (χ4v) is 7.12. The summed E-state index contributed by atoms with van der Waals surface area (Å²) in [5, 5.41) is 50.4. The number of hydrogen-bond acceptors (Lipinski definition) is 11. The Morgan fingerprint density at radius 2 is 1.76 bits per heavy atom. The van der Waals surface area contributed by atoms with Gasteiger partial charge in [0, 0.05) is 35.1 Å². The number of unbranched alkanes of at least 4 members (excludes halogenated alkanes) is 2. The minimum absolute atomic E-state index is 0.0866. The average molecular weight is 719 g/mol. The maximum Gasteiger partial charge on any atom is 0.251 e. The van der Waals surface area contributed by atoms with Gasteiger partial charge in [-0.05, 0) is 80.0 Å². The van der Waals surface area contributed by atoms with Crippen LogP contribution in [0.5, 0.6) is 5.75 Å². The molecule has 5 rings (SSSR count). The minimum atomic E-state index is -3.66. The fraction of sp³-hybridized carbons (Fsp3) is 0.486. The SMILES string of the molecule is O=C(NCCCCCS(=O)(=O)c1ccc(Cl)c(COC2(c3cnccc3-c3ccccc3OC3CC3)CC2)c1)C(O)C(O)C(O)C(O)CO. The second-order valence-corrected chi connectivity index (χ2v) is 15.1. The molecule has 266 valence electrons. The van der Waals surface area contributed by atoms with Crippen LogP contribution in [0.15, 0.2) is 65.8 Å². The minimum Gasteiger partial charge on any atom is -0.490 e. The van der Waals surface area contributed by atoms with Gasteiger partial charge in [0.15, 0.2) is 15.9 Å². The Morgan fingerprint density at radius 3 is 2.47 bits per heavy atom. The summed E-state index contributed by atoms with van der Waals surface area (Å²) in [5.74, 6) is -0.286. The van der Waals surface area contributed by atoms with Crippen LogP contribution in [0, 0.1) is 0 Å². The van der Waals surface area contributed by atoms with E-state index in [1.54, 1.807) is 18.3 Å². The Bertz CT molecular complexity index is 1700. The molecule has 2 saturated carbocycles. The summed E-state index contributed by atoms with van der Waals surface area (Å²) in [7, 11) is -3.66. The second kappa shape index (κ2) is 16.3. The lowest BCUT2D eigenvalue weighted by Gasteiger charge is -2.24. The van der Waals surface area contributed by atoms with Gasteiger partial charge in [0.2, 0.25) is 0 Å². The molecule has 4 unspecified atom stereocenters. The number of sulfone groups is 1. The Kier molecular flexibility index (Phi) is 12.3. The second-order valence-electron chi connectivity index (χ2n) is 12.6. The van der Waals surface area contributed by atoms with E-state index >= 15 is 0 Å². The van der Waals surface area contributed by atoms with Gasteiger partial charge in [-0.2, -0.15) is 0 Å². The third-order valence-electron chi connectivity index (χ3n) is 8.80. The molecule has 2 fully saturated rings. The van der Waals surface area contributed by atoms with Crippen LogP contribution in [0.4, 0.5) is 0 Å². The molecule has 2 aliphatic rings.